The summed E-state index contributed by atoms with van der Waals surface area (Å²) in [4.78, 5) is 96.1. The number of hydrogen-bond acceptors (Lipinski definition) is 23. The third kappa shape index (κ3) is 13.2. The first-order chi connectivity index (χ1) is 36.4. The highest BCUT2D eigenvalue weighted by molar-refractivity contribution is 6.10. The van der Waals surface area contributed by atoms with Crippen LogP contribution in [0, 0.1) is 0 Å². The van der Waals surface area contributed by atoms with Crippen molar-refractivity contribution in [1.82, 2.24) is 0 Å². The van der Waals surface area contributed by atoms with Crippen molar-refractivity contribution in [2.24, 2.45) is 0 Å². The molecule has 4 aromatic carbocycles. The van der Waals surface area contributed by atoms with Crippen LogP contribution in [0.4, 0.5) is 11.4 Å². The Bertz CT molecular complexity index is 2820. The van der Waals surface area contributed by atoms with Gasteiger partial charge in [-0.1, -0.05) is 12.1 Å². The van der Waals surface area contributed by atoms with Gasteiger partial charge in [0.2, 0.25) is 17.1 Å². The van der Waals surface area contributed by atoms with Crippen LogP contribution in [0.2, 0.25) is 0 Å². The van der Waals surface area contributed by atoms with Gasteiger partial charge in [-0.15, -0.1) is 0 Å². The number of carbonyl (C=O) groups excluding carboxylic acids is 8. The van der Waals surface area contributed by atoms with Crippen molar-refractivity contribution in [2.75, 3.05) is 79.9 Å². The van der Waals surface area contributed by atoms with E-state index in [1.165, 1.54) is 119 Å². The highest BCUT2D eigenvalue weighted by Gasteiger charge is 2.66. The summed E-state index contributed by atoms with van der Waals surface area (Å²) in [6, 6.07) is 13.4. The monoisotopic (exact) mass is 1080 g/mol. The Morgan fingerprint density at radius 3 is 1.14 bits per heavy atom. The first-order valence-corrected chi connectivity index (χ1v) is 22.8. The molecule has 2 aliphatic heterocycles. The van der Waals surface area contributed by atoms with Crippen LogP contribution in [-0.2, 0) is 52.6 Å². The fourth-order valence-corrected chi connectivity index (χ4v) is 8.25. The molecule has 0 aliphatic carbocycles. The smallest absolute Gasteiger partial charge is 0.310 e. The number of amides is 2. The van der Waals surface area contributed by atoms with Gasteiger partial charge in [-0.05, 0) is 35.4 Å². The summed E-state index contributed by atoms with van der Waals surface area (Å²) in [7, 11) is 11.4. The van der Waals surface area contributed by atoms with Crippen LogP contribution in [0.1, 0.15) is 64.8 Å². The molecule has 0 saturated carbocycles. The molecule has 77 heavy (non-hydrogen) atoms. The molecule has 0 bridgehead atoms. The zero-order valence-electron chi connectivity index (χ0n) is 44.7. The molecule has 2 amide bonds. The van der Waals surface area contributed by atoms with Gasteiger partial charge in [0.05, 0.1) is 74.9 Å². The average Bonchev–Trinajstić information content (AvgIpc) is 3.38. The van der Waals surface area contributed by atoms with Crippen LogP contribution >= 0.6 is 0 Å². The van der Waals surface area contributed by atoms with Gasteiger partial charge >= 0.3 is 35.8 Å². The second-order valence-corrected chi connectivity index (χ2v) is 16.4. The maximum absolute atomic E-state index is 13.8. The number of benzene rings is 4. The van der Waals surface area contributed by atoms with Crippen molar-refractivity contribution in [3.8, 4) is 57.5 Å². The van der Waals surface area contributed by atoms with Crippen molar-refractivity contribution in [3.63, 3.8) is 0 Å². The predicted octanol–water partition coefficient (Wildman–Crippen LogP) is 4.15. The first kappa shape index (κ1) is 60.7. The van der Waals surface area contributed by atoms with E-state index in [0.717, 1.165) is 6.92 Å². The van der Waals surface area contributed by atoms with Crippen molar-refractivity contribution in [3.05, 3.63) is 71.8 Å². The van der Waals surface area contributed by atoms with E-state index in [1.807, 2.05) is 0 Å². The Morgan fingerprint density at radius 2 is 0.844 bits per heavy atom. The minimum atomic E-state index is -2.08. The summed E-state index contributed by atoms with van der Waals surface area (Å²) >= 11 is 0. The molecule has 2 aliphatic rings. The second-order valence-electron chi connectivity index (χ2n) is 16.4. The van der Waals surface area contributed by atoms with Crippen molar-refractivity contribution in [1.29, 1.82) is 0 Å². The van der Waals surface area contributed by atoms with Gasteiger partial charge in [-0.3, -0.25) is 48.2 Å². The number of nitrogens with zero attached hydrogens (tertiary/aromatic N) is 2. The first-order valence-electron chi connectivity index (χ1n) is 22.8. The average molecular weight is 1080 g/mol. The van der Waals surface area contributed by atoms with E-state index in [4.69, 9.17) is 56.8 Å². The van der Waals surface area contributed by atoms with Crippen LogP contribution in [0.15, 0.2) is 60.7 Å². The van der Waals surface area contributed by atoms with Crippen LogP contribution < -0.4 is 57.2 Å². The van der Waals surface area contributed by atoms with Crippen molar-refractivity contribution in [2.45, 2.75) is 64.8 Å². The quantitative estimate of drug-likeness (QED) is 0.0465. The van der Waals surface area contributed by atoms with Gasteiger partial charge in [0.1, 0.15) is 18.7 Å². The van der Waals surface area contributed by atoms with E-state index in [-0.39, 0.29) is 28.7 Å². The SMILES string of the molecule is CC(=O)OC(C)=O.COc1ccc([C@@H]2N(c3cc(OC)c(OC)c(OC)c3)C(=O)[C@@]2(COC(C)=O)OC(C)=O)cc1OC(C)=O.COc1ccc([C@@H]2N(c3cc(OC)c(OC)c(OC)c3)C(=O)[C@]2(O)CO)cc1OC(C)=O. The van der Waals surface area contributed by atoms with Gasteiger partial charge in [0, 0.05) is 65.8 Å². The number of ether oxygens (including phenoxy) is 13. The molecule has 0 aromatic heterocycles. The van der Waals surface area contributed by atoms with E-state index >= 15 is 0 Å². The minimum absolute atomic E-state index is 0.0749. The van der Waals surface area contributed by atoms with Gasteiger partial charge in [-0.2, -0.15) is 0 Å². The third-order valence-electron chi connectivity index (χ3n) is 11.3. The number of aliphatic hydroxyl groups is 2. The summed E-state index contributed by atoms with van der Waals surface area (Å²) in [5.74, 6) is -2.59. The van der Waals surface area contributed by atoms with Gasteiger partial charge in [0.25, 0.3) is 11.8 Å². The normalized spacial score (nSPS) is 17.9. The number of hydrogen-bond donors (Lipinski definition) is 2. The van der Waals surface area contributed by atoms with Crippen molar-refractivity contribution < 1.29 is 110 Å². The Labute approximate surface area is 442 Å². The van der Waals surface area contributed by atoms with Gasteiger partial charge < -0.3 is 71.8 Å². The number of rotatable bonds is 18. The molecule has 2 fully saturated rings. The van der Waals surface area contributed by atoms with E-state index in [2.05, 4.69) is 4.74 Å². The molecule has 2 N–H and O–H groups in total. The molecule has 2 saturated heterocycles. The largest absolute Gasteiger partial charge is 0.493 e. The fraction of sp³-hybridized carbons (Fsp3) is 0.385. The van der Waals surface area contributed by atoms with Crippen LogP contribution in [0.5, 0.6) is 57.5 Å². The fourth-order valence-electron chi connectivity index (χ4n) is 8.25. The molecule has 25 nitrogen and oxygen atoms in total. The lowest BCUT2D eigenvalue weighted by molar-refractivity contribution is -0.190. The summed E-state index contributed by atoms with van der Waals surface area (Å²) < 4.78 is 68.0. The van der Waals surface area contributed by atoms with Crippen LogP contribution in [0.3, 0.4) is 0 Å². The van der Waals surface area contributed by atoms with E-state index in [1.54, 1.807) is 42.5 Å². The highest BCUT2D eigenvalue weighted by Crippen LogP contribution is 2.54. The molecular formula is C52H60N2O23. The van der Waals surface area contributed by atoms with Crippen LogP contribution in [-0.4, -0.2) is 139 Å². The summed E-state index contributed by atoms with van der Waals surface area (Å²) in [6.07, 6.45) is 0. The molecule has 0 radical (unpaired) electrons. The Morgan fingerprint density at radius 1 is 0.468 bits per heavy atom. The standard InChI is InChI=1S/C26H29NO11.C22H25NO9.C4H6O3/c1-14(28)36-13-26(38-16(3)30)24(17-8-9-19(32-4)20(10-17)37-15(2)29)27(25(26)31)18-11-21(33-5)23(35-7)22(12-18)34-6;1-12(25)32-16-8-13(6-7-15(16)28-2)20-22(27,11-24)21(26)23(20)14-9-17(29-3)19(31-5)18(10-14)30-4;1-3(5)7-4(2)6/h8-12,24H,13H2,1-7H3;6-10,20,24,27H,11H2,1-5H3;1-2H3/t24-,26-;20-,22-;/m00./s1. The summed E-state index contributed by atoms with van der Waals surface area (Å²) in [5, 5.41) is 20.8. The maximum Gasteiger partial charge on any atom is 0.310 e. The molecule has 416 valence electrons. The lowest BCUT2D eigenvalue weighted by atomic mass is 9.77. The minimum Gasteiger partial charge on any atom is -0.493 e. The molecule has 4 aromatic rings. The molecular weight excluding hydrogens is 1020 g/mol. The molecule has 0 spiro atoms. The van der Waals surface area contributed by atoms with E-state index in [0.29, 0.717) is 51.2 Å². The zero-order chi connectivity index (χ0) is 57.7. The predicted molar refractivity (Wildman–Crippen MR) is 267 cm³/mol. The molecule has 2 heterocycles. The summed E-state index contributed by atoms with van der Waals surface area (Å²) in [6.45, 7) is 5.77. The summed E-state index contributed by atoms with van der Waals surface area (Å²) in [5.41, 5.74) is -2.54. The Balaban J connectivity index is 0.000000299. The topological polar surface area (TPSA) is 303 Å². The zero-order valence-corrected chi connectivity index (χ0v) is 44.7. The molecule has 25 heteroatoms. The van der Waals surface area contributed by atoms with Gasteiger partial charge in [0.15, 0.2) is 51.6 Å². The van der Waals surface area contributed by atoms with E-state index in [9.17, 15) is 48.6 Å². The number of methoxy groups -OCH3 is 8. The molecule has 6 rings (SSSR count). The van der Waals surface area contributed by atoms with Crippen LogP contribution in [0.25, 0.3) is 0 Å². The number of anilines is 2. The van der Waals surface area contributed by atoms with E-state index < -0.39 is 84.1 Å². The number of aliphatic hydroxyl groups excluding tert-OH is 1. The number of β-lactam (4-membered cyclic amide) rings is 2. The molecule has 4 atom stereocenters. The third-order valence-corrected chi connectivity index (χ3v) is 11.3. The Hall–Kier alpha value is -8.84. The lowest BCUT2D eigenvalue weighted by Gasteiger charge is -2.54. The second kappa shape index (κ2) is 26.1. The number of carbonyl (C=O) groups is 8. The Kier molecular flexibility index (Phi) is 20.6. The molecule has 0 unspecified atom stereocenters. The number of esters is 6. The maximum atomic E-state index is 13.8. The highest BCUT2D eigenvalue weighted by atomic mass is 16.6. The lowest BCUT2D eigenvalue weighted by Crippen LogP contribution is -2.72. The van der Waals surface area contributed by atoms with Crippen molar-refractivity contribution >= 4 is 59.0 Å². The van der Waals surface area contributed by atoms with Gasteiger partial charge in [-0.25, -0.2) is 0 Å².